The van der Waals surface area contributed by atoms with Crippen LogP contribution in [0.25, 0.3) is 11.3 Å². The van der Waals surface area contributed by atoms with Crippen LogP contribution in [0.3, 0.4) is 0 Å². The van der Waals surface area contributed by atoms with Crippen molar-refractivity contribution < 1.29 is 27.5 Å². The van der Waals surface area contributed by atoms with E-state index in [-0.39, 0.29) is 35.6 Å². The number of thiazole rings is 1. The Bertz CT molecular complexity index is 1410. The molecule has 2 aliphatic rings. The summed E-state index contributed by atoms with van der Waals surface area (Å²) in [5, 5.41) is 3.20. The Morgan fingerprint density at radius 1 is 1.03 bits per heavy atom. The van der Waals surface area contributed by atoms with Gasteiger partial charge in [0.2, 0.25) is 15.9 Å². The van der Waals surface area contributed by atoms with Crippen molar-refractivity contribution in [3.63, 3.8) is 0 Å². The molecule has 0 spiro atoms. The van der Waals surface area contributed by atoms with E-state index in [1.165, 1.54) is 23.4 Å². The first-order valence-corrected chi connectivity index (χ1v) is 14.4. The summed E-state index contributed by atoms with van der Waals surface area (Å²) in [6.07, 6.45) is 1.50. The van der Waals surface area contributed by atoms with Crippen LogP contribution in [0.5, 0.6) is 11.5 Å². The number of rotatable bonds is 6. The Kier molecular flexibility index (Phi) is 7.27. The second kappa shape index (κ2) is 10.6. The van der Waals surface area contributed by atoms with Crippen molar-refractivity contribution in [2.45, 2.75) is 31.1 Å². The smallest absolute Gasteiger partial charge is 0.243 e. The number of piperidine rings is 1. The number of nitrogens with zero attached hydrogens (tertiary/aromatic N) is 2. The maximum Gasteiger partial charge on any atom is 0.243 e. The Hall–Kier alpha value is -3.28. The van der Waals surface area contributed by atoms with Crippen molar-refractivity contribution in [2.75, 3.05) is 31.6 Å². The highest BCUT2D eigenvalue weighted by Crippen LogP contribution is 2.35. The van der Waals surface area contributed by atoms with E-state index in [1.54, 1.807) is 6.07 Å². The molecule has 5 rings (SSSR count). The second-order valence-electron chi connectivity index (χ2n) is 8.95. The minimum absolute atomic E-state index is 0.120. The molecule has 1 fully saturated rings. The monoisotopic (exact) mass is 541 g/mol. The summed E-state index contributed by atoms with van der Waals surface area (Å²) in [5.74, 6) is 0.259. The molecular weight excluding hydrogens is 514 g/mol. The highest BCUT2D eigenvalue weighted by molar-refractivity contribution is 7.89. The van der Waals surface area contributed by atoms with Gasteiger partial charge >= 0.3 is 0 Å². The van der Waals surface area contributed by atoms with Gasteiger partial charge < -0.3 is 14.8 Å². The molecule has 194 valence electrons. The van der Waals surface area contributed by atoms with Gasteiger partial charge in [0, 0.05) is 44.0 Å². The van der Waals surface area contributed by atoms with Crippen LogP contribution in [0.4, 0.5) is 5.13 Å². The number of carbonyl (C=O) groups excluding carboxylic acids is 2. The molecular formula is C26H27N3O6S2. The van der Waals surface area contributed by atoms with Crippen molar-refractivity contribution in [3.8, 4) is 22.8 Å². The highest BCUT2D eigenvalue weighted by Gasteiger charge is 2.33. The van der Waals surface area contributed by atoms with E-state index >= 15 is 0 Å². The number of aromatic nitrogens is 1. The highest BCUT2D eigenvalue weighted by atomic mass is 32.2. The first-order chi connectivity index (χ1) is 17.8. The maximum atomic E-state index is 13.3. The normalized spacial score (nSPS) is 16.7. The molecule has 1 N–H and O–H groups in total. The van der Waals surface area contributed by atoms with Gasteiger partial charge in [-0.15, -0.1) is 0 Å². The zero-order valence-electron chi connectivity index (χ0n) is 20.3. The Morgan fingerprint density at radius 2 is 1.73 bits per heavy atom. The van der Waals surface area contributed by atoms with Crippen molar-refractivity contribution in [1.29, 1.82) is 0 Å². The van der Waals surface area contributed by atoms with Gasteiger partial charge in [-0.25, -0.2) is 13.4 Å². The zero-order valence-corrected chi connectivity index (χ0v) is 21.9. The SMILES string of the molecule is CC(=O)c1sc(NC(=O)C2CCN(S(=O)(=O)c3ccc4c(c3)OCCCO4)CC2)nc1-c1ccccc1. The molecule has 0 aliphatic carbocycles. The topological polar surface area (TPSA) is 115 Å². The average molecular weight is 542 g/mol. The lowest BCUT2D eigenvalue weighted by Crippen LogP contribution is -2.41. The minimum atomic E-state index is -3.74. The molecule has 0 radical (unpaired) electrons. The molecule has 0 saturated carbocycles. The fourth-order valence-corrected chi connectivity index (χ4v) is 6.79. The first-order valence-electron chi connectivity index (χ1n) is 12.1. The minimum Gasteiger partial charge on any atom is -0.490 e. The number of ketones is 1. The van der Waals surface area contributed by atoms with Crippen LogP contribution < -0.4 is 14.8 Å². The van der Waals surface area contributed by atoms with Crippen LogP contribution in [-0.4, -0.2) is 55.7 Å². The number of Topliss-reactive ketones (excluding diaryl/α,β-unsaturated/α-hetero) is 1. The zero-order chi connectivity index (χ0) is 26.0. The molecule has 0 unspecified atom stereocenters. The Labute approximate surface area is 219 Å². The van der Waals surface area contributed by atoms with E-state index in [0.29, 0.717) is 53.3 Å². The maximum absolute atomic E-state index is 13.3. The molecule has 1 saturated heterocycles. The number of fused-ring (bicyclic) bond motifs is 1. The van der Waals surface area contributed by atoms with E-state index in [0.717, 1.165) is 23.3 Å². The predicted octanol–water partition coefficient (Wildman–Crippen LogP) is 4.21. The quantitative estimate of drug-likeness (QED) is 0.465. The number of nitrogens with one attached hydrogen (secondary N) is 1. The standard InChI is InChI=1S/C26H27N3O6S2/c1-17(30)24-23(18-6-3-2-4-7-18)27-26(36-24)28-25(31)19-10-12-29(13-11-19)37(32,33)20-8-9-21-22(16-20)35-15-5-14-34-21/h2-4,6-9,16,19H,5,10-15H2,1H3,(H,27,28,31). The molecule has 2 aliphatic heterocycles. The van der Waals surface area contributed by atoms with E-state index in [1.807, 2.05) is 30.3 Å². The molecule has 3 aromatic rings. The number of hydrogen-bond acceptors (Lipinski definition) is 8. The number of ether oxygens (including phenoxy) is 2. The van der Waals surface area contributed by atoms with Crippen molar-refractivity contribution in [2.24, 2.45) is 5.92 Å². The van der Waals surface area contributed by atoms with Crippen LogP contribution in [0.2, 0.25) is 0 Å². The van der Waals surface area contributed by atoms with Crippen LogP contribution in [0.1, 0.15) is 35.9 Å². The summed E-state index contributed by atoms with van der Waals surface area (Å²) in [5.41, 5.74) is 1.35. The molecule has 0 bridgehead atoms. The summed E-state index contributed by atoms with van der Waals surface area (Å²) in [7, 11) is -3.74. The number of carbonyl (C=O) groups is 2. The van der Waals surface area contributed by atoms with Crippen LogP contribution in [0, 0.1) is 5.92 Å². The van der Waals surface area contributed by atoms with Gasteiger partial charge in [0.05, 0.1) is 28.7 Å². The number of benzene rings is 2. The van der Waals surface area contributed by atoms with Crippen molar-refractivity contribution in [1.82, 2.24) is 9.29 Å². The van der Waals surface area contributed by atoms with Crippen molar-refractivity contribution in [3.05, 3.63) is 53.4 Å². The molecule has 11 heteroatoms. The predicted molar refractivity (Wildman–Crippen MR) is 140 cm³/mol. The number of sulfonamides is 1. The van der Waals surface area contributed by atoms with Gasteiger partial charge in [0.1, 0.15) is 0 Å². The third kappa shape index (κ3) is 5.39. The van der Waals surface area contributed by atoms with Gasteiger partial charge in [0.15, 0.2) is 22.4 Å². The number of hydrogen-bond donors (Lipinski definition) is 1. The first kappa shape index (κ1) is 25.4. The van der Waals surface area contributed by atoms with Crippen LogP contribution in [0.15, 0.2) is 53.4 Å². The molecule has 2 aromatic carbocycles. The summed E-state index contributed by atoms with van der Waals surface area (Å²) >= 11 is 1.15. The lowest BCUT2D eigenvalue weighted by molar-refractivity contribution is -0.120. The summed E-state index contributed by atoms with van der Waals surface area (Å²) < 4.78 is 39.2. The summed E-state index contributed by atoms with van der Waals surface area (Å²) in [6.45, 7) is 2.92. The Balaban J connectivity index is 1.24. The summed E-state index contributed by atoms with van der Waals surface area (Å²) in [6, 6.07) is 14.0. The molecule has 9 nitrogen and oxygen atoms in total. The second-order valence-corrected chi connectivity index (χ2v) is 11.9. The van der Waals surface area contributed by atoms with Crippen molar-refractivity contribution >= 4 is 38.2 Å². The molecule has 3 heterocycles. The molecule has 0 atom stereocenters. The lowest BCUT2D eigenvalue weighted by atomic mass is 9.97. The fraction of sp³-hybridized carbons (Fsp3) is 0.346. The van der Waals surface area contributed by atoms with Gasteiger partial charge in [-0.1, -0.05) is 41.7 Å². The van der Waals surface area contributed by atoms with Gasteiger partial charge in [0.25, 0.3) is 0 Å². The Morgan fingerprint density at radius 3 is 2.43 bits per heavy atom. The van der Waals surface area contributed by atoms with Gasteiger partial charge in [-0.3, -0.25) is 9.59 Å². The lowest BCUT2D eigenvalue weighted by Gasteiger charge is -2.30. The average Bonchev–Trinajstić information content (AvgIpc) is 3.19. The van der Waals surface area contributed by atoms with Gasteiger partial charge in [-0.05, 0) is 25.0 Å². The largest absolute Gasteiger partial charge is 0.490 e. The molecule has 37 heavy (non-hydrogen) atoms. The molecule has 1 amide bonds. The van der Waals surface area contributed by atoms with Crippen LogP contribution >= 0.6 is 11.3 Å². The third-order valence-electron chi connectivity index (χ3n) is 6.41. The molecule has 1 aromatic heterocycles. The van der Waals surface area contributed by atoms with E-state index in [9.17, 15) is 18.0 Å². The number of amides is 1. The van der Waals surface area contributed by atoms with Gasteiger partial charge in [-0.2, -0.15) is 4.31 Å². The van der Waals surface area contributed by atoms with E-state index in [2.05, 4.69) is 10.3 Å². The van der Waals surface area contributed by atoms with Crippen LogP contribution in [-0.2, 0) is 14.8 Å². The summed E-state index contributed by atoms with van der Waals surface area (Å²) in [4.78, 5) is 30.3. The van der Waals surface area contributed by atoms with E-state index < -0.39 is 10.0 Å². The third-order valence-corrected chi connectivity index (χ3v) is 9.37. The van der Waals surface area contributed by atoms with E-state index in [4.69, 9.17) is 9.47 Å². The number of anilines is 1. The fourth-order valence-electron chi connectivity index (χ4n) is 4.42.